The molecule has 142 valence electrons. The van der Waals surface area contributed by atoms with E-state index >= 15 is 0 Å². The number of anilines is 1. The SMILES string of the molecule is CC(C)CO[P@](=O)(c1ccc(N(C)C)cc1)[C@H](O)c1ccc(Cl)cc1Cl. The van der Waals surface area contributed by atoms with Gasteiger partial charge in [-0.1, -0.05) is 43.1 Å². The van der Waals surface area contributed by atoms with Gasteiger partial charge in [-0.05, 0) is 42.3 Å². The zero-order valence-electron chi connectivity index (χ0n) is 15.3. The van der Waals surface area contributed by atoms with Crippen LogP contribution in [0, 0.1) is 5.92 Å². The van der Waals surface area contributed by atoms with Crippen molar-refractivity contribution in [3.63, 3.8) is 0 Å². The minimum absolute atomic E-state index is 0.164. The Hall–Kier alpha value is -1.03. The number of benzene rings is 2. The fraction of sp³-hybridized carbons (Fsp3) is 0.368. The predicted octanol–water partition coefficient (Wildman–Crippen LogP) is 5.33. The van der Waals surface area contributed by atoms with Crippen molar-refractivity contribution in [2.24, 2.45) is 5.92 Å². The fourth-order valence-corrected chi connectivity index (χ4v) is 5.23. The number of nitrogens with zero attached hydrogens (tertiary/aromatic N) is 1. The molecular formula is C19H24Cl2NO3P. The summed E-state index contributed by atoms with van der Waals surface area (Å²) in [7, 11) is 0.224. The van der Waals surface area contributed by atoms with Crippen LogP contribution in [0.15, 0.2) is 42.5 Å². The van der Waals surface area contributed by atoms with Gasteiger partial charge in [0, 0.05) is 40.7 Å². The lowest BCUT2D eigenvalue weighted by atomic mass is 10.2. The van der Waals surface area contributed by atoms with Gasteiger partial charge in [-0.3, -0.25) is 4.57 Å². The topological polar surface area (TPSA) is 49.8 Å². The molecule has 0 bridgehead atoms. The molecule has 0 aliphatic heterocycles. The summed E-state index contributed by atoms with van der Waals surface area (Å²) in [6.45, 7) is 4.18. The molecule has 2 aromatic carbocycles. The quantitative estimate of drug-likeness (QED) is 0.621. The van der Waals surface area contributed by atoms with Crippen LogP contribution >= 0.6 is 30.6 Å². The van der Waals surface area contributed by atoms with Crippen LogP contribution in [0.1, 0.15) is 25.3 Å². The molecule has 0 unspecified atom stereocenters. The lowest BCUT2D eigenvalue weighted by molar-refractivity contribution is 0.203. The fourth-order valence-electron chi connectivity index (χ4n) is 2.40. The predicted molar refractivity (Wildman–Crippen MR) is 110 cm³/mol. The molecule has 0 aliphatic carbocycles. The van der Waals surface area contributed by atoms with Crippen molar-refractivity contribution in [1.82, 2.24) is 0 Å². The summed E-state index contributed by atoms with van der Waals surface area (Å²) in [4.78, 5) is 1.94. The van der Waals surface area contributed by atoms with Gasteiger partial charge in [0.2, 0.25) is 0 Å². The first-order valence-electron chi connectivity index (χ1n) is 8.30. The second-order valence-corrected chi connectivity index (χ2v) is 10.0. The third kappa shape index (κ3) is 4.82. The molecule has 0 amide bonds. The van der Waals surface area contributed by atoms with Crippen molar-refractivity contribution >= 4 is 41.6 Å². The molecule has 2 atom stereocenters. The zero-order valence-corrected chi connectivity index (χ0v) is 17.7. The molecule has 0 radical (unpaired) electrons. The van der Waals surface area contributed by atoms with Crippen LogP contribution in [0.2, 0.25) is 10.0 Å². The highest BCUT2D eigenvalue weighted by atomic mass is 35.5. The van der Waals surface area contributed by atoms with E-state index in [1.54, 1.807) is 24.3 Å². The smallest absolute Gasteiger partial charge is 0.264 e. The van der Waals surface area contributed by atoms with E-state index in [0.29, 0.717) is 15.9 Å². The first kappa shape index (κ1) is 21.3. The largest absolute Gasteiger partial charge is 0.378 e. The summed E-state index contributed by atoms with van der Waals surface area (Å²) in [5.74, 6) is -1.21. The Morgan fingerprint density at radius 1 is 1.12 bits per heavy atom. The molecule has 0 saturated carbocycles. The number of halogens is 2. The molecule has 26 heavy (non-hydrogen) atoms. The van der Waals surface area contributed by atoms with Crippen molar-refractivity contribution in [3.05, 3.63) is 58.1 Å². The summed E-state index contributed by atoms with van der Waals surface area (Å²) < 4.78 is 19.5. The van der Waals surface area contributed by atoms with Gasteiger partial charge in [0.05, 0.1) is 6.61 Å². The van der Waals surface area contributed by atoms with Gasteiger partial charge in [0.1, 0.15) is 0 Å². The third-order valence-corrected chi connectivity index (χ3v) is 6.92. The minimum Gasteiger partial charge on any atom is -0.378 e. The Kier molecular flexibility index (Phi) is 7.18. The second-order valence-electron chi connectivity index (χ2n) is 6.74. The first-order valence-corrected chi connectivity index (χ1v) is 10.8. The highest BCUT2D eigenvalue weighted by Gasteiger charge is 2.37. The first-order chi connectivity index (χ1) is 12.1. The van der Waals surface area contributed by atoms with Gasteiger partial charge in [-0.15, -0.1) is 0 Å². The standard InChI is InChI=1S/C19H24Cl2NO3P/c1-13(2)12-25-26(24,16-8-6-15(7-9-16)22(3)4)19(23)17-10-5-14(20)11-18(17)21/h5-11,13,19,23H,12H2,1-4H3/t19-,26+/m0/s1. The highest BCUT2D eigenvalue weighted by Crippen LogP contribution is 2.59. The lowest BCUT2D eigenvalue weighted by Gasteiger charge is -2.26. The molecule has 0 aliphatic rings. The van der Waals surface area contributed by atoms with Crippen LogP contribution in [0.25, 0.3) is 0 Å². The van der Waals surface area contributed by atoms with E-state index in [1.807, 2.05) is 45.0 Å². The van der Waals surface area contributed by atoms with Crippen LogP contribution < -0.4 is 10.2 Å². The van der Waals surface area contributed by atoms with Crippen LogP contribution in [0.5, 0.6) is 0 Å². The molecule has 4 nitrogen and oxygen atoms in total. The van der Waals surface area contributed by atoms with Crippen molar-refractivity contribution < 1.29 is 14.2 Å². The van der Waals surface area contributed by atoms with E-state index in [4.69, 9.17) is 27.7 Å². The minimum atomic E-state index is -3.62. The monoisotopic (exact) mass is 415 g/mol. The highest BCUT2D eigenvalue weighted by molar-refractivity contribution is 7.67. The Morgan fingerprint density at radius 3 is 2.23 bits per heavy atom. The van der Waals surface area contributed by atoms with Gasteiger partial charge in [-0.25, -0.2) is 0 Å². The Morgan fingerprint density at radius 2 is 1.73 bits per heavy atom. The number of aliphatic hydroxyl groups excluding tert-OH is 1. The normalized spacial score (nSPS) is 14.9. The van der Waals surface area contributed by atoms with Crippen molar-refractivity contribution in [2.75, 3.05) is 25.6 Å². The van der Waals surface area contributed by atoms with E-state index in [-0.39, 0.29) is 17.5 Å². The number of hydrogen-bond donors (Lipinski definition) is 1. The molecule has 1 N–H and O–H groups in total. The molecule has 0 aromatic heterocycles. The van der Waals surface area contributed by atoms with Crippen LogP contribution in [0.4, 0.5) is 5.69 Å². The van der Waals surface area contributed by atoms with Crippen molar-refractivity contribution in [2.45, 2.75) is 19.7 Å². The maximum atomic E-state index is 13.8. The summed E-state index contributed by atoms with van der Waals surface area (Å²) in [6.07, 6.45) is 0. The molecule has 0 fully saturated rings. The van der Waals surface area contributed by atoms with E-state index < -0.39 is 13.2 Å². The van der Waals surface area contributed by atoms with Gasteiger partial charge in [-0.2, -0.15) is 0 Å². The Labute approximate surface area is 165 Å². The van der Waals surface area contributed by atoms with E-state index in [9.17, 15) is 9.67 Å². The molecular weight excluding hydrogens is 392 g/mol. The van der Waals surface area contributed by atoms with Crippen molar-refractivity contribution in [1.29, 1.82) is 0 Å². The molecule has 0 saturated heterocycles. The lowest BCUT2D eigenvalue weighted by Crippen LogP contribution is -2.17. The summed E-state index contributed by atoms with van der Waals surface area (Å²) >= 11 is 12.2. The number of rotatable bonds is 7. The second kappa shape index (κ2) is 8.77. The zero-order chi connectivity index (χ0) is 19.5. The van der Waals surface area contributed by atoms with Gasteiger partial charge < -0.3 is 14.5 Å². The maximum absolute atomic E-state index is 13.8. The summed E-state index contributed by atoms with van der Waals surface area (Å²) in [6, 6.07) is 11.8. The Balaban J connectivity index is 2.48. The maximum Gasteiger partial charge on any atom is 0.264 e. The van der Waals surface area contributed by atoms with E-state index in [0.717, 1.165) is 5.69 Å². The summed E-state index contributed by atoms with van der Waals surface area (Å²) in [5, 5.41) is 12.1. The number of hydrogen-bond acceptors (Lipinski definition) is 4. The molecule has 0 spiro atoms. The molecule has 0 heterocycles. The van der Waals surface area contributed by atoms with Crippen molar-refractivity contribution in [3.8, 4) is 0 Å². The van der Waals surface area contributed by atoms with Crippen LogP contribution in [-0.2, 0) is 9.09 Å². The third-order valence-electron chi connectivity index (χ3n) is 3.89. The van der Waals surface area contributed by atoms with Gasteiger partial charge in [0.15, 0.2) is 5.85 Å². The molecule has 7 heteroatoms. The van der Waals surface area contributed by atoms with Gasteiger partial charge >= 0.3 is 0 Å². The van der Waals surface area contributed by atoms with Gasteiger partial charge in [0.25, 0.3) is 7.37 Å². The van der Waals surface area contributed by atoms with E-state index in [1.165, 1.54) is 6.07 Å². The average molecular weight is 416 g/mol. The van der Waals surface area contributed by atoms with E-state index in [2.05, 4.69) is 0 Å². The summed E-state index contributed by atoms with van der Waals surface area (Å²) in [5.41, 5.74) is 1.29. The van der Waals surface area contributed by atoms with Crippen LogP contribution in [-0.4, -0.2) is 25.8 Å². The average Bonchev–Trinajstić information content (AvgIpc) is 2.59. The van der Waals surface area contributed by atoms with Crippen LogP contribution in [0.3, 0.4) is 0 Å². The molecule has 2 aromatic rings. The number of aliphatic hydroxyl groups is 1. The Bertz CT molecular complexity index is 794. The molecule has 2 rings (SSSR count).